The Morgan fingerprint density at radius 3 is 2.56 bits per heavy atom. The number of urea groups is 1. The first-order valence-electron chi connectivity index (χ1n) is 5.25. The normalized spacial score (nSPS) is 9.33. The topological polar surface area (TPSA) is 99.3 Å². The van der Waals surface area contributed by atoms with Crippen molar-refractivity contribution in [2.24, 2.45) is 0 Å². The van der Waals surface area contributed by atoms with Crippen molar-refractivity contribution in [2.75, 3.05) is 18.4 Å². The van der Waals surface area contributed by atoms with Crippen molar-refractivity contribution in [3.05, 3.63) is 34.4 Å². The van der Waals surface area contributed by atoms with Crippen molar-refractivity contribution in [2.45, 2.75) is 6.92 Å². The van der Waals surface area contributed by atoms with Crippen LogP contribution in [-0.2, 0) is 0 Å². The van der Waals surface area contributed by atoms with Crippen molar-refractivity contribution >= 4 is 17.4 Å². The Kier molecular flexibility index (Phi) is 4.63. The number of hydrogen-bond acceptors (Lipinski definition) is 4. The molecule has 0 saturated carbocycles. The van der Waals surface area contributed by atoms with Crippen molar-refractivity contribution in [1.82, 2.24) is 4.90 Å². The van der Waals surface area contributed by atoms with E-state index >= 15 is 0 Å². The lowest BCUT2D eigenvalue weighted by Crippen LogP contribution is -2.34. The van der Waals surface area contributed by atoms with Gasteiger partial charge in [0.05, 0.1) is 11.0 Å². The van der Waals surface area contributed by atoms with Gasteiger partial charge in [-0.2, -0.15) is 5.26 Å². The first-order chi connectivity index (χ1) is 8.58. The van der Waals surface area contributed by atoms with Gasteiger partial charge in [-0.25, -0.2) is 4.79 Å². The molecule has 1 rings (SSSR count). The second-order valence-electron chi connectivity index (χ2n) is 3.41. The molecule has 0 saturated heterocycles. The Labute approximate surface area is 104 Å². The Morgan fingerprint density at radius 2 is 2.11 bits per heavy atom. The zero-order chi connectivity index (χ0) is 13.5. The van der Waals surface area contributed by atoms with Crippen LogP contribution in [0.2, 0.25) is 0 Å². The minimum atomic E-state index is -0.514. The molecule has 0 bridgehead atoms. The summed E-state index contributed by atoms with van der Waals surface area (Å²) in [5.41, 5.74) is 0.402. The van der Waals surface area contributed by atoms with Gasteiger partial charge < -0.3 is 10.2 Å². The van der Waals surface area contributed by atoms with Crippen LogP contribution in [0.3, 0.4) is 0 Å². The molecule has 2 amide bonds. The van der Waals surface area contributed by atoms with Crippen LogP contribution < -0.4 is 5.32 Å². The van der Waals surface area contributed by atoms with Crippen LogP contribution in [-0.4, -0.2) is 28.9 Å². The highest BCUT2D eigenvalue weighted by molar-refractivity contribution is 5.89. The zero-order valence-corrected chi connectivity index (χ0v) is 9.79. The molecule has 0 aliphatic carbocycles. The van der Waals surface area contributed by atoms with Crippen LogP contribution in [0.5, 0.6) is 0 Å². The van der Waals surface area contributed by atoms with E-state index in [0.29, 0.717) is 12.2 Å². The molecular formula is C11H12N4O3. The molecule has 7 heteroatoms. The maximum atomic E-state index is 11.7. The Morgan fingerprint density at radius 1 is 1.50 bits per heavy atom. The van der Waals surface area contributed by atoms with Gasteiger partial charge in [0.1, 0.15) is 6.54 Å². The van der Waals surface area contributed by atoms with Crippen molar-refractivity contribution in [1.29, 1.82) is 5.26 Å². The molecule has 0 aliphatic heterocycles. The molecule has 0 unspecified atom stereocenters. The third-order valence-electron chi connectivity index (χ3n) is 2.26. The van der Waals surface area contributed by atoms with Crippen molar-refractivity contribution in [3.63, 3.8) is 0 Å². The first-order valence-corrected chi connectivity index (χ1v) is 5.25. The molecule has 94 valence electrons. The Bertz CT molecular complexity index is 478. The van der Waals surface area contributed by atoms with Gasteiger partial charge >= 0.3 is 6.03 Å². The number of carbonyl (C=O) groups excluding carboxylic acids is 1. The Balaban J connectivity index is 2.70. The number of hydrogen-bond donors (Lipinski definition) is 1. The van der Waals surface area contributed by atoms with Crippen LogP contribution >= 0.6 is 0 Å². The number of non-ortho nitro benzene ring substituents is 1. The zero-order valence-electron chi connectivity index (χ0n) is 9.79. The first kappa shape index (κ1) is 13.4. The molecule has 18 heavy (non-hydrogen) atoms. The number of benzene rings is 1. The van der Waals surface area contributed by atoms with E-state index in [-0.39, 0.29) is 12.2 Å². The molecular weight excluding hydrogens is 236 g/mol. The number of nitro groups is 1. The Hall–Kier alpha value is -2.62. The number of carbonyl (C=O) groups is 1. The van der Waals surface area contributed by atoms with Gasteiger partial charge in [0.15, 0.2) is 0 Å². The summed E-state index contributed by atoms with van der Waals surface area (Å²) in [6.07, 6.45) is 0. The molecule has 0 heterocycles. The van der Waals surface area contributed by atoms with Gasteiger partial charge in [0.25, 0.3) is 5.69 Å². The second-order valence-corrected chi connectivity index (χ2v) is 3.41. The van der Waals surface area contributed by atoms with Gasteiger partial charge in [-0.3, -0.25) is 10.1 Å². The van der Waals surface area contributed by atoms with Gasteiger partial charge in [-0.15, -0.1) is 0 Å². The van der Waals surface area contributed by atoms with Gasteiger partial charge in [-0.1, -0.05) is 0 Å². The maximum Gasteiger partial charge on any atom is 0.322 e. The molecule has 0 aliphatic rings. The van der Waals surface area contributed by atoms with Crippen LogP contribution in [0, 0.1) is 21.4 Å². The summed E-state index contributed by atoms with van der Waals surface area (Å²) in [4.78, 5) is 22.9. The van der Waals surface area contributed by atoms with Gasteiger partial charge in [0, 0.05) is 24.4 Å². The SMILES string of the molecule is CCN(CC#N)C(=O)Nc1ccc([N+](=O)[O-])cc1. The summed E-state index contributed by atoms with van der Waals surface area (Å²) in [6, 6.07) is 6.96. The van der Waals surface area contributed by atoms with E-state index < -0.39 is 11.0 Å². The lowest BCUT2D eigenvalue weighted by molar-refractivity contribution is -0.384. The molecule has 0 aromatic heterocycles. The number of anilines is 1. The average Bonchev–Trinajstić information content (AvgIpc) is 2.36. The van der Waals surface area contributed by atoms with E-state index in [4.69, 9.17) is 5.26 Å². The van der Waals surface area contributed by atoms with Crippen LogP contribution in [0.4, 0.5) is 16.2 Å². The van der Waals surface area contributed by atoms with Crippen LogP contribution in [0.1, 0.15) is 6.92 Å². The molecule has 7 nitrogen and oxygen atoms in total. The monoisotopic (exact) mass is 248 g/mol. The minimum Gasteiger partial charge on any atom is -0.311 e. The predicted octanol–water partition coefficient (Wildman–Crippen LogP) is 1.97. The summed E-state index contributed by atoms with van der Waals surface area (Å²) in [5.74, 6) is 0. The highest BCUT2D eigenvalue weighted by Crippen LogP contribution is 2.15. The predicted molar refractivity (Wildman–Crippen MR) is 65.0 cm³/mol. The molecule has 1 N–H and O–H groups in total. The number of rotatable bonds is 4. The summed E-state index contributed by atoms with van der Waals surface area (Å²) < 4.78 is 0. The minimum absolute atomic E-state index is 0.00465. The summed E-state index contributed by atoms with van der Waals surface area (Å²) >= 11 is 0. The third kappa shape index (κ3) is 3.45. The molecule has 0 radical (unpaired) electrons. The molecule has 1 aromatic rings. The number of nitrogens with zero attached hydrogens (tertiary/aromatic N) is 3. The largest absolute Gasteiger partial charge is 0.322 e. The highest BCUT2D eigenvalue weighted by Gasteiger charge is 2.11. The van der Waals surface area contributed by atoms with E-state index in [0.717, 1.165) is 0 Å². The third-order valence-corrected chi connectivity index (χ3v) is 2.26. The fraction of sp³-hybridized carbons (Fsp3) is 0.273. The summed E-state index contributed by atoms with van der Waals surface area (Å²) in [6.45, 7) is 2.16. The van der Waals surface area contributed by atoms with E-state index in [9.17, 15) is 14.9 Å². The van der Waals surface area contributed by atoms with E-state index in [1.54, 1.807) is 6.92 Å². The highest BCUT2D eigenvalue weighted by atomic mass is 16.6. The summed E-state index contributed by atoms with van der Waals surface area (Å²) in [5, 5.41) is 21.5. The standard InChI is InChI=1S/C11H12N4O3/c1-2-14(8-7-12)11(16)13-9-3-5-10(6-4-9)15(17)18/h3-6H,2,8H2,1H3,(H,13,16). The van der Waals surface area contributed by atoms with Gasteiger partial charge in [-0.05, 0) is 19.1 Å². The fourth-order valence-corrected chi connectivity index (χ4v) is 1.28. The van der Waals surface area contributed by atoms with E-state index in [1.807, 2.05) is 6.07 Å². The van der Waals surface area contributed by atoms with Gasteiger partial charge in [0.2, 0.25) is 0 Å². The quantitative estimate of drug-likeness (QED) is 0.500. The summed E-state index contributed by atoms with van der Waals surface area (Å²) in [7, 11) is 0. The van der Waals surface area contributed by atoms with E-state index in [1.165, 1.54) is 29.2 Å². The van der Waals surface area contributed by atoms with Crippen LogP contribution in [0.15, 0.2) is 24.3 Å². The lowest BCUT2D eigenvalue weighted by Gasteiger charge is -2.17. The van der Waals surface area contributed by atoms with Crippen LogP contribution in [0.25, 0.3) is 0 Å². The number of nitrogens with one attached hydrogen (secondary N) is 1. The second kappa shape index (κ2) is 6.20. The molecule has 0 spiro atoms. The molecule has 0 atom stereocenters. The molecule has 0 fully saturated rings. The lowest BCUT2D eigenvalue weighted by atomic mass is 10.3. The number of amides is 2. The number of nitriles is 1. The molecule has 1 aromatic carbocycles. The fourth-order valence-electron chi connectivity index (χ4n) is 1.28. The van der Waals surface area contributed by atoms with Crippen molar-refractivity contribution in [3.8, 4) is 6.07 Å². The average molecular weight is 248 g/mol. The smallest absolute Gasteiger partial charge is 0.311 e. The number of nitro benzene ring substituents is 1. The van der Waals surface area contributed by atoms with Crippen molar-refractivity contribution < 1.29 is 9.72 Å². The maximum absolute atomic E-state index is 11.7. The van der Waals surface area contributed by atoms with E-state index in [2.05, 4.69) is 5.32 Å².